The van der Waals surface area contributed by atoms with Gasteiger partial charge in [0.25, 0.3) is 0 Å². The Morgan fingerprint density at radius 3 is 2.33 bits per heavy atom. The maximum atomic E-state index is 11.0. The Morgan fingerprint density at radius 1 is 1.67 bits per heavy atom. The highest BCUT2D eigenvalue weighted by Gasteiger charge is 2.37. The second-order valence-corrected chi connectivity index (χ2v) is 3.25. The summed E-state index contributed by atoms with van der Waals surface area (Å²) >= 11 is 0. The molecule has 0 bridgehead atoms. The molecule has 54 valence electrons. The molecule has 0 aromatic rings. The summed E-state index contributed by atoms with van der Waals surface area (Å²) in [4.78, 5) is 0. The van der Waals surface area contributed by atoms with Crippen LogP contribution in [0.4, 0.5) is 0 Å². The molecule has 9 heavy (non-hydrogen) atoms. The van der Waals surface area contributed by atoms with Crippen LogP contribution in [0.3, 0.4) is 0 Å². The average molecular weight is 130 g/mol. The first-order valence-electron chi connectivity index (χ1n) is 3.32. The third-order valence-electron chi connectivity index (χ3n) is 2.37. The van der Waals surface area contributed by atoms with E-state index >= 15 is 0 Å². The molecule has 0 aliphatic carbocycles. The third-order valence-corrected chi connectivity index (χ3v) is 2.37. The number of hydroxylamine groups is 2. The van der Waals surface area contributed by atoms with Crippen molar-refractivity contribution in [2.45, 2.75) is 32.4 Å². The first-order chi connectivity index (χ1) is 4.05. The minimum absolute atomic E-state index is 0.139. The van der Waals surface area contributed by atoms with Crippen LogP contribution < -0.4 is 10.4 Å². The van der Waals surface area contributed by atoms with Crippen molar-refractivity contribution >= 4 is 0 Å². The lowest BCUT2D eigenvalue weighted by Crippen LogP contribution is -3.13. The van der Waals surface area contributed by atoms with E-state index in [0.29, 0.717) is 17.8 Å². The average Bonchev–Trinajstić information content (AvgIpc) is 1.96. The van der Waals surface area contributed by atoms with Crippen molar-refractivity contribution in [1.82, 2.24) is 5.32 Å². The van der Waals surface area contributed by atoms with Crippen LogP contribution in [0.25, 0.3) is 0 Å². The zero-order chi connectivity index (χ0) is 7.07. The van der Waals surface area contributed by atoms with Crippen LogP contribution in [0, 0.1) is 5.21 Å². The normalized spacial score (nSPS) is 41.3. The quantitative estimate of drug-likeness (QED) is 0.417. The van der Waals surface area contributed by atoms with E-state index < -0.39 is 0 Å². The van der Waals surface area contributed by atoms with Gasteiger partial charge in [0.05, 0.1) is 6.04 Å². The number of hydrogen-bond donors (Lipinski definition) is 2. The fourth-order valence-electron chi connectivity index (χ4n) is 0.970. The summed E-state index contributed by atoms with van der Waals surface area (Å²) in [5.74, 6) is 0. The van der Waals surface area contributed by atoms with Crippen LogP contribution in [-0.2, 0) is 0 Å². The Bertz CT molecular complexity index is 102. The maximum absolute atomic E-state index is 11.0. The topological polar surface area (TPSA) is 39.5 Å². The number of hydrogen-bond acceptors (Lipinski definition) is 2. The van der Waals surface area contributed by atoms with Gasteiger partial charge in [-0.05, 0) is 20.8 Å². The first-order valence-corrected chi connectivity index (χ1v) is 3.32. The second kappa shape index (κ2) is 1.94. The fraction of sp³-hybridized carbons (Fsp3) is 1.00. The van der Waals surface area contributed by atoms with Gasteiger partial charge in [-0.3, -0.25) is 5.32 Å². The van der Waals surface area contributed by atoms with E-state index in [-0.39, 0.29) is 5.54 Å². The summed E-state index contributed by atoms with van der Waals surface area (Å²) in [6.07, 6.45) is 0. The maximum Gasteiger partial charge on any atom is 0.131 e. The summed E-state index contributed by atoms with van der Waals surface area (Å²) in [5, 5.41) is 14.5. The van der Waals surface area contributed by atoms with E-state index in [1.807, 2.05) is 20.8 Å². The molecular weight excluding hydrogens is 116 g/mol. The highest BCUT2D eigenvalue weighted by molar-refractivity contribution is 4.83. The molecule has 2 N–H and O–H groups in total. The van der Waals surface area contributed by atoms with Gasteiger partial charge < -0.3 is 10.3 Å². The van der Waals surface area contributed by atoms with Crippen molar-refractivity contribution in [3.8, 4) is 0 Å². The number of nitrogens with one attached hydrogen (secondary N) is 2. The first kappa shape index (κ1) is 6.99. The molecule has 1 heterocycles. The predicted molar refractivity (Wildman–Crippen MR) is 35.9 cm³/mol. The minimum Gasteiger partial charge on any atom is -0.633 e. The molecule has 0 radical (unpaired) electrons. The van der Waals surface area contributed by atoms with Gasteiger partial charge in [0.2, 0.25) is 0 Å². The molecule has 3 heteroatoms. The van der Waals surface area contributed by atoms with Crippen molar-refractivity contribution in [2.75, 3.05) is 6.67 Å². The zero-order valence-corrected chi connectivity index (χ0v) is 6.19. The van der Waals surface area contributed by atoms with Gasteiger partial charge in [0.15, 0.2) is 0 Å². The van der Waals surface area contributed by atoms with Crippen molar-refractivity contribution in [1.29, 1.82) is 0 Å². The Morgan fingerprint density at radius 2 is 2.22 bits per heavy atom. The molecule has 2 unspecified atom stereocenters. The van der Waals surface area contributed by atoms with Crippen molar-refractivity contribution in [3.05, 3.63) is 5.21 Å². The van der Waals surface area contributed by atoms with E-state index in [2.05, 4.69) is 5.32 Å². The molecule has 1 aliphatic heterocycles. The number of quaternary nitrogens is 1. The standard InChI is InChI=1S/C6H14N2O/c1-5-6(2,3)8(9)4-7-5/h5,7-8H,4H2,1-3H3. The number of rotatable bonds is 0. The lowest BCUT2D eigenvalue weighted by molar-refractivity contribution is -0.887. The molecule has 0 amide bonds. The Balaban J connectivity index is 2.66. The largest absolute Gasteiger partial charge is 0.633 e. The van der Waals surface area contributed by atoms with Gasteiger partial charge in [-0.25, -0.2) is 0 Å². The van der Waals surface area contributed by atoms with Gasteiger partial charge in [0.1, 0.15) is 12.2 Å². The summed E-state index contributed by atoms with van der Waals surface area (Å²) in [6.45, 7) is 6.57. The van der Waals surface area contributed by atoms with Crippen LogP contribution in [-0.4, -0.2) is 18.2 Å². The molecule has 1 saturated heterocycles. The zero-order valence-electron chi connectivity index (χ0n) is 6.19. The lowest BCUT2D eigenvalue weighted by Gasteiger charge is -2.32. The van der Waals surface area contributed by atoms with E-state index in [1.54, 1.807) is 0 Å². The highest BCUT2D eigenvalue weighted by atomic mass is 16.5. The molecule has 1 fully saturated rings. The van der Waals surface area contributed by atoms with Crippen molar-refractivity contribution < 1.29 is 5.06 Å². The van der Waals surface area contributed by atoms with Crippen molar-refractivity contribution in [2.24, 2.45) is 0 Å². The Labute approximate surface area is 55.6 Å². The predicted octanol–water partition coefficient (Wildman–Crippen LogP) is -0.903. The lowest BCUT2D eigenvalue weighted by atomic mass is 9.99. The van der Waals surface area contributed by atoms with Crippen molar-refractivity contribution in [3.63, 3.8) is 0 Å². The molecule has 3 nitrogen and oxygen atoms in total. The van der Waals surface area contributed by atoms with Crippen LogP contribution in [0.15, 0.2) is 0 Å². The van der Waals surface area contributed by atoms with Gasteiger partial charge in [-0.15, -0.1) is 0 Å². The van der Waals surface area contributed by atoms with E-state index in [1.165, 1.54) is 0 Å². The summed E-state index contributed by atoms with van der Waals surface area (Å²) in [7, 11) is 0. The Hall–Kier alpha value is -0.120. The van der Waals surface area contributed by atoms with E-state index in [9.17, 15) is 5.21 Å². The van der Waals surface area contributed by atoms with Gasteiger partial charge in [-0.1, -0.05) is 0 Å². The van der Waals surface area contributed by atoms with Crippen LogP contribution >= 0.6 is 0 Å². The molecule has 2 atom stereocenters. The molecule has 1 rings (SSSR count). The molecule has 0 aromatic heterocycles. The van der Waals surface area contributed by atoms with Crippen LogP contribution in [0.1, 0.15) is 20.8 Å². The SMILES string of the molecule is CC1NC[NH+]([O-])C1(C)C. The minimum atomic E-state index is -0.139. The van der Waals surface area contributed by atoms with Gasteiger partial charge in [0, 0.05) is 0 Å². The smallest absolute Gasteiger partial charge is 0.131 e. The van der Waals surface area contributed by atoms with Crippen LogP contribution in [0.5, 0.6) is 0 Å². The molecule has 0 aromatic carbocycles. The van der Waals surface area contributed by atoms with Gasteiger partial charge >= 0.3 is 0 Å². The Kier molecular flexibility index (Phi) is 1.50. The summed E-state index contributed by atoms with van der Waals surface area (Å²) in [5.41, 5.74) is -0.139. The third kappa shape index (κ3) is 0.956. The van der Waals surface area contributed by atoms with E-state index in [4.69, 9.17) is 0 Å². The van der Waals surface area contributed by atoms with E-state index in [0.717, 1.165) is 0 Å². The summed E-state index contributed by atoms with van der Waals surface area (Å²) in [6, 6.07) is 0.338. The molecule has 1 aliphatic rings. The second-order valence-electron chi connectivity index (χ2n) is 3.25. The molecular formula is C6H14N2O. The highest BCUT2D eigenvalue weighted by Crippen LogP contribution is 2.06. The fourth-order valence-corrected chi connectivity index (χ4v) is 0.970. The monoisotopic (exact) mass is 130 g/mol. The summed E-state index contributed by atoms with van der Waals surface area (Å²) < 4.78 is 0. The van der Waals surface area contributed by atoms with Gasteiger partial charge in [-0.2, -0.15) is 0 Å². The molecule has 0 saturated carbocycles. The molecule has 0 spiro atoms. The van der Waals surface area contributed by atoms with Crippen LogP contribution in [0.2, 0.25) is 0 Å².